The minimum atomic E-state index is 0.298. The van der Waals surface area contributed by atoms with Gasteiger partial charge in [0.05, 0.1) is 0 Å². The van der Waals surface area contributed by atoms with Gasteiger partial charge in [-0.1, -0.05) is 25.4 Å². The van der Waals surface area contributed by atoms with Crippen molar-refractivity contribution < 1.29 is 0 Å². The van der Waals surface area contributed by atoms with Crippen LogP contribution in [0.25, 0.3) is 0 Å². The first-order chi connectivity index (χ1) is 7.54. The number of hydrogen-bond acceptors (Lipinski definition) is 4. The molecule has 0 amide bonds. The van der Waals surface area contributed by atoms with E-state index in [1.807, 2.05) is 24.9 Å². The van der Waals surface area contributed by atoms with Gasteiger partial charge >= 0.3 is 0 Å². The summed E-state index contributed by atoms with van der Waals surface area (Å²) in [5, 5.41) is 0.518. The average Bonchev–Trinajstić information content (AvgIpc) is 2.24. The molecule has 0 aromatic carbocycles. The zero-order chi connectivity index (χ0) is 12.1. The van der Waals surface area contributed by atoms with E-state index in [9.17, 15) is 0 Å². The zero-order valence-corrected chi connectivity index (χ0v) is 11.8. The van der Waals surface area contributed by atoms with Crippen molar-refractivity contribution in [3.63, 3.8) is 0 Å². The highest BCUT2D eigenvalue weighted by atomic mass is 35.5. The molecule has 0 bridgehead atoms. The summed E-state index contributed by atoms with van der Waals surface area (Å²) in [6.07, 6.45) is 2.10. The fourth-order valence-corrected chi connectivity index (χ4v) is 1.86. The number of halogens is 1. The normalized spacial score (nSPS) is 10.9. The summed E-state index contributed by atoms with van der Waals surface area (Å²) in [4.78, 5) is 10.8. The number of aromatic nitrogens is 2. The van der Waals surface area contributed by atoms with Gasteiger partial charge in [0.1, 0.15) is 16.8 Å². The largest absolute Gasteiger partial charge is 0.359 e. The van der Waals surface area contributed by atoms with Crippen LogP contribution in [-0.2, 0) is 0 Å². The molecule has 3 nitrogen and oxygen atoms in total. The first-order valence-electron chi connectivity index (χ1n) is 5.29. The molecule has 1 rings (SSSR count). The molecule has 1 aromatic rings. The van der Waals surface area contributed by atoms with Crippen LogP contribution in [0.2, 0.25) is 5.15 Å². The molecule has 0 atom stereocenters. The molecule has 0 aliphatic rings. The highest BCUT2D eigenvalue weighted by molar-refractivity contribution is 7.98. The van der Waals surface area contributed by atoms with Crippen molar-refractivity contribution in [1.29, 1.82) is 0 Å². The molecule has 0 fully saturated rings. The summed E-state index contributed by atoms with van der Waals surface area (Å²) >= 11 is 7.81. The van der Waals surface area contributed by atoms with Gasteiger partial charge in [-0.3, -0.25) is 0 Å². The minimum absolute atomic E-state index is 0.298. The monoisotopic (exact) mass is 259 g/mol. The SMILES string of the molecule is CSCCN(C)c1cc(Cl)nc(C(C)C)n1. The van der Waals surface area contributed by atoms with Gasteiger partial charge in [0.25, 0.3) is 0 Å². The molecule has 0 saturated carbocycles. The van der Waals surface area contributed by atoms with E-state index in [4.69, 9.17) is 11.6 Å². The van der Waals surface area contributed by atoms with Crippen LogP contribution in [-0.4, -0.2) is 35.6 Å². The number of nitrogens with zero attached hydrogens (tertiary/aromatic N) is 3. The molecule has 0 saturated heterocycles. The van der Waals surface area contributed by atoms with Crippen LogP contribution >= 0.6 is 23.4 Å². The number of anilines is 1. The lowest BCUT2D eigenvalue weighted by Crippen LogP contribution is -2.22. The van der Waals surface area contributed by atoms with Crippen molar-refractivity contribution in [3.8, 4) is 0 Å². The van der Waals surface area contributed by atoms with E-state index in [2.05, 4.69) is 35.0 Å². The number of rotatable bonds is 5. The summed E-state index contributed by atoms with van der Waals surface area (Å²) in [5.41, 5.74) is 0. The molecule has 90 valence electrons. The third-order valence-electron chi connectivity index (χ3n) is 2.24. The molecule has 0 spiro atoms. The standard InChI is InChI=1S/C11H18ClN3S/c1-8(2)11-13-9(12)7-10(14-11)15(3)5-6-16-4/h7-8H,5-6H2,1-4H3. The Morgan fingerprint density at radius 3 is 2.69 bits per heavy atom. The molecule has 0 aliphatic heterocycles. The second-order valence-corrected chi connectivity index (χ2v) is 5.35. The van der Waals surface area contributed by atoms with Crippen LogP contribution in [0.3, 0.4) is 0 Å². The quantitative estimate of drug-likeness (QED) is 0.760. The van der Waals surface area contributed by atoms with Crippen molar-refractivity contribution in [2.75, 3.05) is 30.5 Å². The molecule has 5 heteroatoms. The van der Waals surface area contributed by atoms with Crippen LogP contribution in [0.4, 0.5) is 5.82 Å². The Morgan fingerprint density at radius 2 is 2.12 bits per heavy atom. The Bertz CT molecular complexity index is 344. The van der Waals surface area contributed by atoms with Crippen LogP contribution in [0.15, 0.2) is 6.07 Å². The smallest absolute Gasteiger partial charge is 0.135 e. The van der Waals surface area contributed by atoms with Gasteiger partial charge in [-0.15, -0.1) is 0 Å². The van der Waals surface area contributed by atoms with E-state index < -0.39 is 0 Å². The third-order valence-corrected chi connectivity index (χ3v) is 3.02. The van der Waals surface area contributed by atoms with E-state index in [0.29, 0.717) is 11.1 Å². The zero-order valence-electron chi connectivity index (χ0n) is 10.2. The molecule has 0 N–H and O–H groups in total. The van der Waals surface area contributed by atoms with Crippen molar-refractivity contribution in [3.05, 3.63) is 17.0 Å². The predicted octanol–water partition coefficient (Wildman–Crippen LogP) is 3.05. The molecule has 0 aliphatic carbocycles. The number of thioether (sulfide) groups is 1. The lowest BCUT2D eigenvalue weighted by atomic mass is 10.2. The Hall–Kier alpha value is -0.480. The van der Waals surface area contributed by atoms with Gasteiger partial charge in [-0.05, 0) is 6.26 Å². The number of hydrogen-bond donors (Lipinski definition) is 0. The second-order valence-electron chi connectivity index (χ2n) is 3.98. The van der Waals surface area contributed by atoms with Gasteiger partial charge in [0.2, 0.25) is 0 Å². The predicted molar refractivity (Wildman–Crippen MR) is 72.8 cm³/mol. The molecule has 1 aromatic heterocycles. The Balaban J connectivity index is 2.86. The van der Waals surface area contributed by atoms with Crippen LogP contribution in [0, 0.1) is 0 Å². The van der Waals surface area contributed by atoms with E-state index in [0.717, 1.165) is 23.9 Å². The summed E-state index contributed by atoms with van der Waals surface area (Å²) < 4.78 is 0. The van der Waals surface area contributed by atoms with Gasteiger partial charge in [0, 0.05) is 31.3 Å². The molecular weight excluding hydrogens is 242 g/mol. The Morgan fingerprint density at radius 1 is 1.44 bits per heavy atom. The highest BCUT2D eigenvalue weighted by Gasteiger charge is 2.09. The van der Waals surface area contributed by atoms with E-state index in [1.54, 1.807) is 0 Å². The minimum Gasteiger partial charge on any atom is -0.359 e. The van der Waals surface area contributed by atoms with E-state index in [1.165, 1.54) is 0 Å². The third kappa shape index (κ3) is 3.83. The van der Waals surface area contributed by atoms with Crippen molar-refractivity contribution in [2.45, 2.75) is 19.8 Å². The maximum atomic E-state index is 5.99. The van der Waals surface area contributed by atoms with Crippen molar-refractivity contribution in [1.82, 2.24) is 9.97 Å². The fourth-order valence-electron chi connectivity index (χ4n) is 1.22. The first kappa shape index (κ1) is 13.6. The molecule has 1 heterocycles. The molecule has 0 radical (unpaired) electrons. The summed E-state index contributed by atoms with van der Waals surface area (Å²) in [6, 6.07) is 1.81. The average molecular weight is 260 g/mol. The topological polar surface area (TPSA) is 29.0 Å². The second kappa shape index (κ2) is 6.30. The van der Waals surface area contributed by atoms with Gasteiger partial charge < -0.3 is 4.90 Å². The van der Waals surface area contributed by atoms with E-state index in [-0.39, 0.29) is 0 Å². The summed E-state index contributed by atoms with van der Waals surface area (Å²) in [6.45, 7) is 5.10. The lowest BCUT2D eigenvalue weighted by Gasteiger charge is -2.18. The Kier molecular flexibility index (Phi) is 5.35. The van der Waals surface area contributed by atoms with Crippen LogP contribution in [0.5, 0.6) is 0 Å². The molecule has 0 unspecified atom stereocenters. The fraction of sp³-hybridized carbons (Fsp3) is 0.636. The maximum absolute atomic E-state index is 5.99. The maximum Gasteiger partial charge on any atom is 0.135 e. The van der Waals surface area contributed by atoms with Crippen LogP contribution < -0.4 is 4.90 Å². The molecular formula is C11H18ClN3S. The lowest BCUT2D eigenvalue weighted by molar-refractivity contribution is 0.766. The van der Waals surface area contributed by atoms with E-state index >= 15 is 0 Å². The summed E-state index contributed by atoms with van der Waals surface area (Å²) in [5.74, 6) is 3.08. The van der Waals surface area contributed by atoms with Gasteiger partial charge in [0.15, 0.2) is 0 Å². The van der Waals surface area contributed by atoms with Crippen LogP contribution in [0.1, 0.15) is 25.6 Å². The highest BCUT2D eigenvalue weighted by Crippen LogP contribution is 2.19. The van der Waals surface area contributed by atoms with Gasteiger partial charge in [-0.2, -0.15) is 11.8 Å². The summed E-state index contributed by atoms with van der Waals surface area (Å²) in [7, 11) is 2.03. The Labute approximate surface area is 107 Å². The van der Waals surface area contributed by atoms with Gasteiger partial charge in [-0.25, -0.2) is 9.97 Å². The van der Waals surface area contributed by atoms with Crippen molar-refractivity contribution in [2.24, 2.45) is 0 Å². The van der Waals surface area contributed by atoms with Crippen molar-refractivity contribution >= 4 is 29.2 Å². The molecule has 16 heavy (non-hydrogen) atoms. The first-order valence-corrected chi connectivity index (χ1v) is 7.06.